The van der Waals surface area contributed by atoms with Crippen LogP contribution in [-0.2, 0) is 14.2 Å². The van der Waals surface area contributed by atoms with Crippen LogP contribution in [0.1, 0.15) is 19.3 Å². The van der Waals surface area contributed by atoms with Crippen LogP contribution >= 0.6 is 15.9 Å². The van der Waals surface area contributed by atoms with Gasteiger partial charge >= 0.3 is 0 Å². The fraction of sp³-hybridized carbons (Fsp3) is 1.00. The fourth-order valence-corrected chi connectivity index (χ4v) is 2.79. The molecule has 2 saturated heterocycles. The molecule has 0 aromatic rings. The maximum atomic E-state index is 6.10. The molecule has 0 aromatic carbocycles. The van der Waals surface area contributed by atoms with E-state index in [-0.39, 0.29) is 5.60 Å². The molecule has 0 aromatic heterocycles. The average molecular weight is 279 g/mol. The fourth-order valence-electron chi connectivity index (χ4n) is 2.07. The lowest BCUT2D eigenvalue weighted by Gasteiger charge is -2.36. The maximum absolute atomic E-state index is 6.10. The number of hydrogen-bond donors (Lipinski definition) is 0. The second-order valence-electron chi connectivity index (χ2n) is 4.47. The molecule has 0 spiro atoms. The van der Waals surface area contributed by atoms with Crippen LogP contribution in [0.15, 0.2) is 0 Å². The number of rotatable bonds is 4. The highest BCUT2D eigenvalue weighted by atomic mass is 79.9. The Balaban J connectivity index is 1.78. The molecule has 0 aliphatic carbocycles. The molecule has 88 valence electrons. The van der Waals surface area contributed by atoms with Gasteiger partial charge in [-0.1, -0.05) is 15.9 Å². The van der Waals surface area contributed by atoms with Gasteiger partial charge in [-0.05, 0) is 6.42 Å². The molecular formula is C11H19BrO3. The Bertz CT molecular complexity index is 186. The first-order valence-electron chi connectivity index (χ1n) is 5.70. The summed E-state index contributed by atoms with van der Waals surface area (Å²) in [5.74, 6) is 0.601. The van der Waals surface area contributed by atoms with Crippen molar-refractivity contribution in [1.29, 1.82) is 0 Å². The lowest BCUT2D eigenvalue weighted by atomic mass is 9.96. The van der Waals surface area contributed by atoms with Crippen LogP contribution < -0.4 is 0 Å². The summed E-state index contributed by atoms with van der Waals surface area (Å²) in [6.45, 7) is 4.26. The van der Waals surface area contributed by atoms with E-state index in [1.54, 1.807) is 0 Å². The SMILES string of the molecule is BrCC1(OCC2CCOC2)CCOCC1. The van der Waals surface area contributed by atoms with Crippen LogP contribution in [0.3, 0.4) is 0 Å². The smallest absolute Gasteiger partial charge is 0.0822 e. The molecule has 3 nitrogen and oxygen atoms in total. The van der Waals surface area contributed by atoms with E-state index in [9.17, 15) is 0 Å². The Kier molecular flexibility index (Phi) is 4.43. The molecule has 15 heavy (non-hydrogen) atoms. The Morgan fingerprint density at radius 1 is 1.20 bits per heavy atom. The second-order valence-corrected chi connectivity index (χ2v) is 5.03. The van der Waals surface area contributed by atoms with Crippen LogP contribution in [0.5, 0.6) is 0 Å². The van der Waals surface area contributed by atoms with E-state index in [1.807, 2.05) is 0 Å². The van der Waals surface area contributed by atoms with Crippen molar-refractivity contribution in [3.63, 3.8) is 0 Å². The van der Waals surface area contributed by atoms with Gasteiger partial charge in [-0.25, -0.2) is 0 Å². The van der Waals surface area contributed by atoms with Crippen molar-refractivity contribution in [3.05, 3.63) is 0 Å². The minimum atomic E-state index is 0.0147. The molecule has 4 heteroatoms. The molecule has 0 amide bonds. The Morgan fingerprint density at radius 3 is 2.60 bits per heavy atom. The van der Waals surface area contributed by atoms with Gasteiger partial charge in [0.1, 0.15) is 0 Å². The standard InChI is InChI=1S/C11H19BrO3/c12-9-11(2-5-13-6-3-11)15-8-10-1-4-14-7-10/h10H,1-9H2. The zero-order valence-corrected chi connectivity index (χ0v) is 10.6. The van der Waals surface area contributed by atoms with Crippen LogP contribution in [0.25, 0.3) is 0 Å². The van der Waals surface area contributed by atoms with E-state index in [2.05, 4.69) is 15.9 Å². The van der Waals surface area contributed by atoms with E-state index in [0.717, 1.165) is 57.6 Å². The molecule has 1 atom stereocenters. The molecule has 2 heterocycles. The van der Waals surface area contributed by atoms with Gasteiger partial charge in [-0.15, -0.1) is 0 Å². The highest BCUT2D eigenvalue weighted by Crippen LogP contribution is 2.28. The van der Waals surface area contributed by atoms with Crippen molar-refractivity contribution in [1.82, 2.24) is 0 Å². The van der Waals surface area contributed by atoms with E-state index in [0.29, 0.717) is 5.92 Å². The first kappa shape index (κ1) is 11.8. The summed E-state index contributed by atoms with van der Waals surface area (Å²) in [5.41, 5.74) is 0.0147. The predicted octanol–water partition coefficient (Wildman–Crippen LogP) is 1.98. The van der Waals surface area contributed by atoms with E-state index < -0.39 is 0 Å². The lowest BCUT2D eigenvalue weighted by Crippen LogP contribution is -2.42. The molecule has 0 bridgehead atoms. The van der Waals surface area contributed by atoms with Crippen molar-refractivity contribution in [2.45, 2.75) is 24.9 Å². The summed E-state index contributed by atoms with van der Waals surface area (Å²) in [6, 6.07) is 0. The summed E-state index contributed by atoms with van der Waals surface area (Å²) in [6.07, 6.45) is 3.16. The zero-order valence-electron chi connectivity index (χ0n) is 9.04. The minimum Gasteiger partial charge on any atom is -0.381 e. The third-order valence-electron chi connectivity index (χ3n) is 3.30. The normalized spacial score (nSPS) is 30.6. The van der Waals surface area contributed by atoms with Crippen molar-refractivity contribution < 1.29 is 14.2 Å². The Morgan fingerprint density at radius 2 is 2.00 bits per heavy atom. The van der Waals surface area contributed by atoms with Crippen molar-refractivity contribution in [3.8, 4) is 0 Å². The van der Waals surface area contributed by atoms with Gasteiger partial charge in [0.2, 0.25) is 0 Å². The zero-order chi connectivity index (χ0) is 10.6. The number of hydrogen-bond acceptors (Lipinski definition) is 3. The van der Waals surface area contributed by atoms with Crippen molar-refractivity contribution in [2.24, 2.45) is 5.92 Å². The van der Waals surface area contributed by atoms with Crippen LogP contribution in [0, 0.1) is 5.92 Å². The first-order chi connectivity index (χ1) is 7.35. The third-order valence-corrected chi connectivity index (χ3v) is 4.32. The van der Waals surface area contributed by atoms with Gasteiger partial charge in [0.25, 0.3) is 0 Å². The van der Waals surface area contributed by atoms with Crippen LogP contribution in [-0.4, -0.2) is 44.0 Å². The van der Waals surface area contributed by atoms with Gasteiger partial charge in [0.05, 0.1) is 18.8 Å². The highest BCUT2D eigenvalue weighted by Gasteiger charge is 2.33. The molecule has 2 aliphatic rings. The van der Waals surface area contributed by atoms with Gasteiger partial charge < -0.3 is 14.2 Å². The van der Waals surface area contributed by atoms with E-state index >= 15 is 0 Å². The average Bonchev–Trinajstić information content (AvgIpc) is 2.81. The Hall–Kier alpha value is 0.360. The summed E-state index contributed by atoms with van der Waals surface area (Å²) >= 11 is 3.57. The number of halogens is 1. The summed E-state index contributed by atoms with van der Waals surface area (Å²) in [4.78, 5) is 0. The van der Waals surface area contributed by atoms with Crippen LogP contribution in [0.4, 0.5) is 0 Å². The number of alkyl halides is 1. The first-order valence-corrected chi connectivity index (χ1v) is 6.82. The van der Waals surface area contributed by atoms with Gasteiger partial charge in [-0.3, -0.25) is 0 Å². The molecule has 0 radical (unpaired) electrons. The summed E-state index contributed by atoms with van der Waals surface area (Å²) in [7, 11) is 0. The minimum absolute atomic E-state index is 0.0147. The molecular weight excluding hydrogens is 260 g/mol. The molecule has 0 saturated carbocycles. The lowest BCUT2D eigenvalue weighted by molar-refractivity contribution is -0.105. The third kappa shape index (κ3) is 3.16. The van der Waals surface area contributed by atoms with Crippen molar-refractivity contribution in [2.75, 3.05) is 38.4 Å². The largest absolute Gasteiger partial charge is 0.381 e. The van der Waals surface area contributed by atoms with E-state index in [1.165, 1.54) is 0 Å². The second kappa shape index (κ2) is 5.62. The topological polar surface area (TPSA) is 27.7 Å². The monoisotopic (exact) mass is 278 g/mol. The van der Waals surface area contributed by atoms with Crippen molar-refractivity contribution >= 4 is 15.9 Å². The molecule has 2 fully saturated rings. The van der Waals surface area contributed by atoms with Gasteiger partial charge in [0.15, 0.2) is 0 Å². The quantitative estimate of drug-likeness (QED) is 0.736. The molecule has 1 unspecified atom stereocenters. The summed E-state index contributed by atoms with van der Waals surface area (Å²) in [5, 5.41) is 0.914. The molecule has 0 N–H and O–H groups in total. The highest BCUT2D eigenvalue weighted by molar-refractivity contribution is 9.09. The van der Waals surface area contributed by atoms with Crippen LogP contribution in [0.2, 0.25) is 0 Å². The summed E-state index contributed by atoms with van der Waals surface area (Å²) < 4.78 is 16.8. The maximum Gasteiger partial charge on any atom is 0.0822 e. The molecule has 2 rings (SSSR count). The van der Waals surface area contributed by atoms with E-state index in [4.69, 9.17) is 14.2 Å². The molecule has 2 aliphatic heterocycles. The van der Waals surface area contributed by atoms with Gasteiger partial charge in [0, 0.05) is 43.9 Å². The predicted molar refractivity (Wildman–Crippen MR) is 61.5 cm³/mol. The van der Waals surface area contributed by atoms with Gasteiger partial charge in [-0.2, -0.15) is 0 Å². The Labute approximate surface area is 99.6 Å². The number of ether oxygens (including phenoxy) is 3.